The van der Waals surface area contributed by atoms with E-state index in [0.717, 1.165) is 0 Å². The summed E-state index contributed by atoms with van der Waals surface area (Å²) in [7, 11) is 0. The van der Waals surface area contributed by atoms with Crippen molar-refractivity contribution in [2.45, 2.75) is 20.8 Å². The number of carbonyl (C=O) groups excluding carboxylic acids is 2. The first-order chi connectivity index (χ1) is 10.0. The van der Waals surface area contributed by atoms with Crippen molar-refractivity contribution < 1.29 is 33.6 Å². The van der Waals surface area contributed by atoms with Crippen LogP contribution in [0.15, 0.2) is 4.99 Å². The van der Waals surface area contributed by atoms with Gasteiger partial charge >= 0.3 is 17.8 Å². The molecule has 0 atom stereocenters. The maximum absolute atomic E-state index is 11.9. The van der Waals surface area contributed by atoms with Gasteiger partial charge in [0.1, 0.15) is 0 Å². The number of hydrogen-bond acceptors (Lipinski definition) is 9. The van der Waals surface area contributed by atoms with Gasteiger partial charge in [-0.3, -0.25) is 0 Å². The van der Waals surface area contributed by atoms with Crippen LogP contribution in [0.2, 0.25) is 0 Å². The van der Waals surface area contributed by atoms with Crippen molar-refractivity contribution in [2.75, 3.05) is 19.8 Å². The van der Waals surface area contributed by atoms with E-state index in [9.17, 15) is 14.7 Å². The lowest BCUT2D eigenvalue weighted by molar-refractivity contribution is -0.641. The highest BCUT2D eigenvalue weighted by Crippen LogP contribution is 2.21. The second-order valence-electron chi connectivity index (χ2n) is 3.37. The Morgan fingerprint density at radius 1 is 1.19 bits per heavy atom. The standard InChI is InChI=1S/C11H15N3O6S/c1-4-18-9(15)7-8(12-10(16)19-5-2)21-13-14(7)11(17)20-6-3/h4-6H2,1-3H3. The molecule has 0 N–H and O–H groups in total. The van der Waals surface area contributed by atoms with E-state index in [2.05, 4.69) is 14.2 Å². The molecule has 0 spiro atoms. The zero-order valence-corrected chi connectivity index (χ0v) is 12.6. The van der Waals surface area contributed by atoms with Crippen molar-refractivity contribution in [3.05, 3.63) is 5.69 Å². The molecule has 21 heavy (non-hydrogen) atoms. The summed E-state index contributed by atoms with van der Waals surface area (Å²) >= 11 is 0.683. The number of rotatable bonds is 5. The zero-order chi connectivity index (χ0) is 15.8. The van der Waals surface area contributed by atoms with Crippen molar-refractivity contribution in [1.82, 2.24) is 4.49 Å². The molecule has 1 rings (SSSR count). The Morgan fingerprint density at radius 3 is 2.38 bits per heavy atom. The molecule has 0 saturated heterocycles. The van der Waals surface area contributed by atoms with Crippen molar-refractivity contribution in [3.63, 3.8) is 0 Å². The maximum atomic E-state index is 11.9. The van der Waals surface area contributed by atoms with E-state index in [4.69, 9.17) is 9.47 Å². The van der Waals surface area contributed by atoms with Crippen molar-refractivity contribution in [1.29, 1.82) is 0 Å². The lowest BCUT2D eigenvalue weighted by atomic mass is 10.4. The molecule has 0 bridgehead atoms. The van der Waals surface area contributed by atoms with Gasteiger partial charge in [-0.2, -0.15) is 4.79 Å². The predicted octanol–water partition coefficient (Wildman–Crippen LogP) is -0.00380. The van der Waals surface area contributed by atoms with Crippen LogP contribution in [-0.2, 0) is 14.2 Å². The zero-order valence-electron chi connectivity index (χ0n) is 11.8. The first-order valence-electron chi connectivity index (χ1n) is 6.19. The fourth-order valence-electron chi connectivity index (χ4n) is 1.25. The number of aromatic nitrogens is 2. The van der Waals surface area contributed by atoms with Crippen LogP contribution < -0.4 is 9.79 Å². The first kappa shape index (κ1) is 16.8. The van der Waals surface area contributed by atoms with Crippen LogP contribution in [-0.4, -0.2) is 42.5 Å². The third-order valence-electron chi connectivity index (χ3n) is 1.99. The monoisotopic (exact) mass is 317 g/mol. The third kappa shape index (κ3) is 4.38. The fraction of sp³-hybridized carbons (Fsp3) is 0.545. The van der Waals surface area contributed by atoms with Gasteiger partial charge in [-0.25, -0.2) is 9.79 Å². The number of esters is 1. The summed E-state index contributed by atoms with van der Waals surface area (Å²) in [6, 6.07) is 0. The number of hydrogen-bond donors (Lipinski definition) is 0. The lowest BCUT2D eigenvalue weighted by Gasteiger charge is -2.08. The van der Waals surface area contributed by atoms with Gasteiger partial charge in [0.05, 0.1) is 33.9 Å². The summed E-state index contributed by atoms with van der Waals surface area (Å²) in [5.41, 5.74) is -0.270. The number of nitrogens with zero attached hydrogens (tertiary/aromatic N) is 3. The minimum atomic E-state index is -0.886. The largest absolute Gasteiger partial charge is 0.630 e. The molecule has 0 aliphatic carbocycles. The number of ether oxygens (including phenoxy) is 3. The Labute approximate surface area is 124 Å². The summed E-state index contributed by atoms with van der Waals surface area (Å²) in [6.07, 6.45) is -1.75. The van der Waals surface area contributed by atoms with Gasteiger partial charge in [0.15, 0.2) is 6.08 Å². The van der Waals surface area contributed by atoms with E-state index >= 15 is 0 Å². The van der Waals surface area contributed by atoms with Gasteiger partial charge in [0.25, 0.3) is 0 Å². The average Bonchev–Trinajstić information content (AvgIpc) is 2.83. The molecule has 0 aliphatic heterocycles. The molecular weight excluding hydrogens is 302 g/mol. The quantitative estimate of drug-likeness (QED) is 0.325. The summed E-state index contributed by atoms with van der Waals surface area (Å²) < 4.78 is 18.7. The van der Waals surface area contributed by atoms with E-state index < -0.39 is 18.1 Å². The second-order valence-corrected chi connectivity index (χ2v) is 4.10. The third-order valence-corrected chi connectivity index (χ3v) is 2.70. The van der Waals surface area contributed by atoms with Crippen molar-refractivity contribution in [2.24, 2.45) is 4.99 Å². The first-order valence-corrected chi connectivity index (χ1v) is 6.97. The van der Waals surface area contributed by atoms with Crippen LogP contribution in [0, 0.1) is 0 Å². The predicted molar refractivity (Wildman–Crippen MR) is 69.4 cm³/mol. The minimum absolute atomic E-state index is 0.0834. The van der Waals surface area contributed by atoms with E-state index in [1.54, 1.807) is 20.8 Å². The summed E-state index contributed by atoms with van der Waals surface area (Å²) in [4.78, 5) is 27.2. The number of aliphatic imine (C=N–C) groups is 1. The van der Waals surface area contributed by atoms with Gasteiger partial charge in [-0.15, -0.1) is 0 Å². The SMILES string of the molecule is CCOC(=O)c1c(N=C([O-])OCC)sn[n+]1C(=O)OCC. The maximum Gasteiger partial charge on any atom is 0.630 e. The molecule has 9 nitrogen and oxygen atoms in total. The second kappa shape index (κ2) is 8.15. The molecule has 0 aromatic carbocycles. The Bertz CT molecular complexity index is 542. The van der Waals surface area contributed by atoms with E-state index in [1.807, 2.05) is 0 Å². The highest BCUT2D eigenvalue weighted by atomic mass is 32.1. The molecule has 0 unspecified atom stereocenters. The lowest BCUT2D eigenvalue weighted by Crippen LogP contribution is -2.49. The van der Waals surface area contributed by atoms with Crippen LogP contribution >= 0.6 is 11.5 Å². The van der Waals surface area contributed by atoms with E-state index in [-0.39, 0.29) is 30.5 Å². The van der Waals surface area contributed by atoms with Crippen LogP contribution in [0.25, 0.3) is 0 Å². The Kier molecular flexibility index (Phi) is 6.53. The molecule has 116 valence electrons. The topological polar surface area (TPSA) is 114 Å². The van der Waals surface area contributed by atoms with Gasteiger partial charge in [0, 0.05) is 0 Å². The normalized spacial score (nSPS) is 11.1. The van der Waals surface area contributed by atoms with Gasteiger partial charge in [-0.1, -0.05) is 6.92 Å². The molecule has 0 radical (unpaired) electrons. The van der Waals surface area contributed by atoms with Gasteiger partial charge < -0.3 is 19.3 Å². The Hall–Kier alpha value is -2.23. The summed E-state index contributed by atoms with van der Waals surface area (Å²) in [5.74, 6) is -0.831. The summed E-state index contributed by atoms with van der Waals surface area (Å²) in [5, 5.41) is 11.3. The van der Waals surface area contributed by atoms with E-state index in [1.165, 1.54) is 0 Å². The fourth-order valence-corrected chi connectivity index (χ4v) is 1.93. The highest BCUT2D eigenvalue weighted by Gasteiger charge is 2.37. The van der Waals surface area contributed by atoms with Crippen molar-refractivity contribution >= 4 is 34.7 Å². The van der Waals surface area contributed by atoms with Crippen LogP contribution in [0.5, 0.6) is 0 Å². The molecule has 1 aromatic rings. The van der Waals surface area contributed by atoms with Gasteiger partial charge in [-0.05, 0) is 20.5 Å². The molecular formula is C11H15N3O6S. The average molecular weight is 317 g/mol. The molecule has 1 aromatic heterocycles. The highest BCUT2D eigenvalue weighted by molar-refractivity contribution is 7.09. The molecule has 0 saturated carbocycles. The Morgan fingerprint density at radius 2 is 1.81 bits per heavy atom. The Balaban J connectivity index is 3.22. The molecule has 0 aliphatic rings. The molecule has 1 heterocycles. The molecule has 0 fully saturated rings. The molecule has 0 amide bonds. The number of carbonyl (C=O) groups is 2. The van der Waals surface area contributed by atoms with Crippen LogP contribution in [0.3, 0.4) is 0 Å². The van der Waals surface area contributed by atoms with E-state index in [0.29, 0.717) is 16.2 Å². The molecule has 10 heteroatoms. The van der Waals surface area contributed by atoms with Crippen LogP contribution in [0.4, 0.5) is 9.80 Å². The van der Waals surface area contributed by atoms with Gasteiger partial charge in [0.2, 0.25) is 5.00 Å². The minimum Gasteiger partial charge on any atom is -0.600 e. The van der Waals surface area contributed by atoms with Crippen LogP contribution in [0.1, 0.15) is 31.3 Å². The summed E-state index contributed by atoms with van der Waals surface area (Å²) in [6.45, 7) is 5.17. The smallest absolute Gasteiger partial charge is 0.600 e. The van der Waals surface area contributed by atoms with Crippen molar-refractivity contribution in [3.8, 4) is 0 Å².